The number of nitrogens with two attached hydrogens (primary N) is 1. The highest BCUT2D eigenvalue weighted by Crippen LogP contribution is 2.40. The summed E-state index contributed by atoms with van der Waals surface area (Å²) in [4.78, 5) is 0. The van der Waals surface area contributed by atoms with Crippen LogP contribution in [0.5, 0.6) is 0 Å². The van der Waals surface area contributed by atoms with Crippen LogP contribution in [0.1, 0.15) is 47.5 Å². The summed E-state index contributed by atoms with van der Waals surface area (Å²) in [7, 11) is 0. The summed E-state index contributed by atoms with van der Waals surface area (Å²) in [6.45, 7) is 11.3. The Kier molecular flexibility index (Phi) is 7.05. The van der Waals surface area contributed by atoms with Gasteiger partial charge in [-0.15, -0.1) is 0 Å². The molecule has 0 aromatic heterocycles. The second-order valence-corrected chi connectivity index (χ2v) is 6.82. The molecule has 0 spiro atoms. The number of hydrogen-bond acceptors (Lipinski definition) is 2. The Labute approximate surface area is 135 Å². The Morgan fingerprint density at radius 2 is 1.95 bits per heavy atom. The standard InChI is InChI=1S/C20H31NO/c1-15(7-6-8-16(2)12-14-21)9-10-18-17(3)19(22)11-13-20(18,4)5/h6-10,12,19,22H,11,13-14,21H2,1-5H3/b8-6+,10-9+,15-7+,16-12+. The average molecular weight is 301 g/mol. The molecule has 122 valence electrons. The van der Waals surface area contributed by atoms with Crippen molar-refractivity contribution in [2.75, 3.05) is 6.54 Å². The Bertz CT molecular complexity index is 530. The van der Waals surface area contributed by atoms with Crippen molar-refractivity contribution in [2.24, 2.45) is 11.1 Å². The number of aliphatic hydroxyl groups is 1. The van der Waals surface area contributed by atoms with Gasteiger partial charge in [0.05, 0.1) is 6.10 Å². The van der Waals surface area contributed by atoms with Crippen LogP contribution in [0.25, 0.3) is 0 Å². The lowest BCUT2D eigenvalue weighted by molar-refractivity contribution is 0.163. The lowest BCUT2D eigenvalue weighted by Gasteiger charge is -2.35. The van der Waals surface area contributed by atoms with Crippen molar-refractivity contribution < 1.29 is 5.11 Å². The van der Waals surface area contributed by atoms with Crippen LogP contribution < -0.4 is 5.73 Å². The molecule has 0 saturated heterocycles. The molecule has 0 heterocycles. The summed E-state index contributed by atoms with van der Waals surface area (Å²) in [5, 5.41) is 10.1. The fraction of sp³-hybridized carbons (Fsp3) is 0.500. The minimum atomic E-state index is -0.291. The van der Waals surface area contributed by atoms with Crippen LogP contribution in [-0.2, 0) is 0 Å². The van der Waals surface area contributed by atoms with Gasteiger partial charge in [-0.3, -0.25) is 0 Å². The smallest absolute Gasteiger partial charge is 0.0753 e. The van der Waals surface area contributed by atoms with E-state index >= 15 is 0 Å². The zero-order valence-electron chi connectivity index (χ0n) is 14.7. The molecule has 1 aliphatic carbocycles. The Morgan fingerprint density at radius 3 is 2.59 bits per heavy atom. The molecule has 2 nitrogen and oxygen atoms in total. The van der Waals surface area contributed by atoms with E-state index in [1.54, 1.807) is 0 Å². The van der Waals surface area contributed by atoms with Crippen LogP contribution in [0.4, 0.5) is 0 Å². The molecule has 1 aliphatic rings. The minimum absolute atomic E-state index is 0.135. The summed E-state index contributed by atoms with van der Waals surface area (Å²) in [5.41, 5.74) is 10.3. The SMILES string of the molecule is CC1=C(/C=C/C(C)=C/C=C/C(C)=C/CN)C(C)(C)CCC1O. The summed E-state index contributed by atoms with van der Waals surface area (Å²) >= 11 is 0. The van der Waals surface area contributed by atoms with E-state index in [4.69, 9.17) is 5.73 Å². The molecule has 3 N–H and O–H groups in total. The lowest BCUT2D eigenvalue weighted by atomic mass is 9.71. The van der Waals surface area contributed by atoms with Crippen LogP contribution in [0.3, 0.4) is 0 Å². The fourth-order valence-corrected chi connectivity index (χ4v) is 2.79. The number of rotatable bonds is 5. The molecule has 1 atom stereocenters. The summed E-state index contributed by atoms with van der Waals surface area (Å²) in [6.07, 6.45) is 14.1. The predicted molar refractivity (Wildman–Crippen MR) is 96.6 cm³/mol. The van der Waals surface area contributed by atoms with Crippen LogP contribution in [0, 0.1) is 5.41 Å². The molecule has 0 fully saturated rings. The third-order valence-corrected chi connectivity index (χ3v) is 4.37. The summed E-state index contributed by atoms with van der Waals surface area (Å²) in [5.74, 6) is 0. The molecule has 0 bridgehead atoms. The van der Waals surface area contributed by atoms with E-state index in [2.05, 4.69) is 45.1 Å². The Morgan fingerprint density at radius 1 is 1.27 bits per heavy atom. The van der Waals surface area contributed by atoms with Crippen LogP contribution in [-0.4, -0.2) is 17.8 Å². The summed E-state index contributed by atoms with van der Waals surface area (Å²) < 4.78 is 0. The molecular formula is C20H31NO. The molecule has 0 aromatic rings. The first-order valence-electron chi connectivity index (χ1n) is 8.07. The zero-order chi connectivity index (χ0) is 16.8. The molecule has 1 rings (SSSR count). The molecule has 0 aliphatic heterocycles. The topological polar surface area (TPSA) is 46.2 Å². The molecule has 0 radical (unpaired) electrons. The van der Waals surface area contributed by atoms with Crippen molar-refractivity contribution in [1.82, 2.24) is 0 Å². The van der Waals surface area contributed by atoms with Gasteiger partial charge in [-0.25, -0.2) is 0 Å². The number of aliphatic hydroxyl groups excluding tert-OH is 1. The largest absolute Gasteiger partial charge is 0.389 e. The predicted octanol–water partition coefficient (Wildman–Crippen LogP) is 4.45. The molecule has 0 saturated carbocycles. The second-order valence-electron chi connectivity index (χ2n) is 6.82. The molecule has 22 heavy (non-hydrogen) atoms. The molecule has 1 unspecified atom stereocenters. The zero-order valence-corrected chi connectivity index (χ0v) is 14.7. The maximum atomic E-state index is 10.1. The van der Waals surface area contributed by atoms with Crippen molar-refractivity contribution in [3.63, 3.8) is 0 Å². The van der Waals surface area contributed by atoms with E-state index < -0.39 is 0 Å². The van der Waals surface area contributed by atoms with Crippen LogP contribution in [0.2, 0.25) is 0 Å². The fourth-order valence-electron chi connectivity index (χ4n) is 2.79. The van der Waals surface area contributed by atoms with Gasteiger partial charge in [0, 0.05) is 6.54 Å². The maximum Gasteiger partial charge on any atom is 0.0753 e. The number of allylic oxidation sites excluding steroid dienone is 8. The van der Waals surface area contributed by atoms with Crippen molar-refractivity contribution in [3.8, 4) is 0 Å². The highest BCUT2D eigenvalue weighted by molar-refractivity contribution is 5.38. The highest BCUT2D eigenvalue weighted by Gasteiger charge is 2.30. The van der Waals surface area contributed by atoms with Gasteiger partial charge in [0.2, 0.25) is 0 Å². The summed E-state index contributed by atoms with van der Waals surface area (Å²) in [6, 6.07) is 0. The van der Waals surface area contributed by atoms with Crippen molar-refractivity contribution in [3.05, 3.63) is 58.7 Å². The molecule has 0 aromatic carbocycles. The highest BCUT2D eigenvalue weighted by atomic mass is 16.3. The maximum absolute atomic E-state index is 10.1. The van der Waals surface area contributed by atoms with Gasteiger partial charge in [0.15, 0.2) is 0 Å². The average Bonchev–Trinajstić information content (AvgIpc) is 2.43. The normalized spacial score (nSPS) is 23.9. The van der Waals surface area contributed by atoms with E-state index in [0.29, 0.717) is 6.54 Å². The van der Waals surface area contributed by atoms with Gasteiger partial charge in [0.25, 0.3) is 0 Å². The second kappa shape index (κ2) is 8.30. The van der Waals surface area contributed by atoms with Crippen molar-refractivity contribution in [2.45, 2.75) is 53.6 Å². The van der Waals surface area contributed by atoms with Crippen LogP contribution >= 0.6 is 0 Å². The van der Waals surface area contributed by atoms with E-state index in [0.717, 1.165) is 18.4 Å². The van der Waals surface area contributed by atoms with Gasteiger partial charge >= 0.3 is 0 Å². The lowest BCUT2D eigenvalue weighted by Crippen LogP contribution is -2.27. The minimum Gasteiger partial charge on any atom is -0.389 e. The monoisotopic (exact) mass is 301 g/mol. The number of hydrogen-bond donors (Lipinski definition) is 2. The molecule has 0 amide bonds. The van der Waals surface area contributed by atoms with Crippen molar-refractivity contribution in [1.29, 1.82) is 0 Å². The Hall–Kier alpha value is -1.38. The van der Waals surface area contributed by atoms with Crippen LogP contribution in [0.15, 0.2) is 58.7 Å². The third-order valence-electron chi connectivity index (χ3n) is 4.37. The van der Waals surface area contributed by atoms with Gasteiger partial charge in [-0.2, -0.15) is 0 Å². The Balaban J connectivity index is 2.86. The van der Waals surface area contributed by atoms with Gasteiger partial charge in [-0.05, 0) is 50.2 Å². The first-order valence-corrected chi connectivity index (χ1v) is 8.07. The first kappa shape index (κ1) is 18.7. The quantitative estimate of drug-likeness (QED) is 0.737. The van der Waals surface area contributed by atoms with Gasteiger partial charge in [0.1, 0.15) is 0 Å². The molecule has 2 heteroatoms. The third kappa shape index (κ3) is 5.43. The van der Waals surface area contributed by atoms with Gasteiger partial charge < -0.3 is 10.8 Å². The van der Waals surface area contributed by atoms with E-state index in [1.165, 1.54) is 16.7 Å². The van der Waals surface area contributed by atoms with E-state index in [9.17, 15) is 5.11 Å². The van der Waals surface area contributed by atoms with E-state index in [1.807, 2.05) is 26.0 Å². The molecular weight excluding hydrogens is 270 g/mol. The van der Waals surface area contributed by atoms with Gasteiger partial charge in [-0.1, -0.05) is 61.4 Å². The first-order chi connectivity index (χ1) is 10.3. The van der Waals surface area contributed by atoms with E-state index in [-0.39, 0.29) is 11.5 Å². The van der Waals surface area contributed by atoms with Crippen molar-refractivity contribution >= 4 is 0 Å².